The molecule has 1 aromatic rings. The van der Waals surface area contributed by atoms with Crippen molar-refractivity contribution in [1.29, 1.82) is 0 Å². The molecule has 0 fully saturated rings. The van der Waals surface area contributed by atoms with Gasteiger partial charge in [0.15, 0.2) is 5.79 Å². The molecule has 0 amide bonds. The fourth-order valence-electron chi connectivity index (χ4n) is 2.69. The lowest BCUT2D eigenvalue weighted by molar-refractivity contribution is -0.131. The van der Waals surface area contributed by atoms with Gasteiger partial charge in [0.25, 0.3) is 0 Å². The first kappa shape index (κ1) is 19.4. The second kappa shape index (κ2) is 7.11. The van der Waals surface area contributed by atoms with E-state index in [9.17, 15) is 25.0 Å². The standard InChI is InChI=1S/C16H20NO7P/c1-10(11-3-2-4-12(18)7-11)9-16(20,21)14-8-13(19)5-6-15(14)17-25(22,23)24/h2-5,7-8,10,18-21H,6,9H2,1H3,(H2,22,23,24). The number of aliphatic hydroxyl groups excluding tert-OH is 1. The highest BCUT2D eigenvalue weighted by Gasteiger charge is 2.36. The molecular weight excluding hydrogens is 349 g/mol. The van der Waals surface area contributed by atoms with Gasteiger partial charge in [0.2, 0.25) is 0 Å². The van der Waals surface area contributed by atoms with E-state index in [4.69, 9.17) is 9.79 Å². The molecule has 2 rings (SSSR count). The van der Waals surface area contributed by atoms with Crippen molar-refractivity contribution in [2.24, 2.45) is 4.76 Å². The van der Waals surface area contributed by atoms with Gasteiger partial charge in [-0.15, -0.1) is 0 Å². The lowest BCUT2D eigenvalue weighted by Crippen LogP contribution is -2.37. The summed E-state index contributed by atoms with van der Waals surface area (Å²) in [5, 5.41) is 40.1. The van der Waals surface area contributed by atoms with Crippen molar-refractivity contribution < 1.29 is 34.8 Å². The molecule has 8 nitrogen and oxygen atoms in total. The largest absolute Gasteiger partial charge is 0.508 e. The van der Waals surface area contributed by atoms with Gasteiger partial charge < -0.3 is 30.2 Å². The smallest absolute Gasteiger partial charge is 0.448 e. The number of aromatic hydroxyl groups is 1. The van der Waals surface area contributed by atoms with E-state index in [1.807, 2.05) is 0 Å². The summed E-state index contributed by atoms with van der Waals surface area (Å²) in [6.45, 7) is 1.70. The van der Waals surface area contributed by atoms with Crippen LogP contribution in [0.5, 0.6) is 5.75 Å². The van der Waals surface area contributed by atoms with Gasteiger partial charge in [-0.1, -0.05) is 19.1 Å². The minimum absolute atomic E-state index is 0.0343. The maximum Gasteiger partial charge on any atom is 0.448 e. The molecule has 0 aliphatic heterocycles. The summed E-state index contributed by atoms with van der Waals surface area (Å²) < 4.78 is 14.4. The Hall–Kier alpha value is -1.96. The molecule has 25 heavy (non-hydrogen) atoms. The number of allylic oxidation sites excluding steroid dienone is 2. The molecular formula is C16H20NO7P. The van der Waals surface area contributed by atoms with Crippen LogP contribution in [0.4, 0.5) is 0 Å². The molecule has 1 unspecified atom stereocenters. The van der Waals surface area contributed by atoms with Crippen molar-refractivity contribution in [1.82, 2.24) is 0 Å². The average Bonchev–Trinajstić information content (AvgIpc) is 2.47. The van der Waals surface area contributed by atoms with Gasteiger partial charge in [-0.2, -0.15) is 4.76 Å². The van der Waals surface area contributed by atoms with Crippen LogP contribution in [0, 0.1) is 0 Å². The fraction of sp³-hybridized carbons (Fsp3) is 0.312. The van der Waals surface area contributed by atoms with Crippen LogP contribution < -0.4 is 0 Å². The first-order chi connectivity index (χ1) is 11.5. The van der Waals surface area contributed by atoms with E-state index >= 15 is 0 Å². The third-order valence-corrected chi connectivity index (χ3v) is 4.32. The van der Waals surface area contributed by atoms with Crippen LogP contribution in [0.1, 0.15) is 31.2 Å². The van der Waals surface area contributed by atoms with E-state index in [0.717, 1.165) is 6.08 Å². The zero-order valence-corrected chi connectivity index (χ0v) is 14.3. The first-order valence-electron chi connectivity index (χ1n) is 7.48. The van der Waals surface area contributed by atoms with Crippen LogP contribution in [-0.2, 0) is 4.57 Å². The normalized spacial score (nSPS) is 18.7. The molecule has 0 saturated heterocycles. The van der Waals surface area contributed by atoms with E-state index < -0.39 is 19.5 Å². The van der Waals surface area contributed by atoms with Crippen molar-refractivity contribution in [3.05, 3.63) is 53.3 Å². The zero-order valence-electron chi connectivity index (χ0n) is 13.4. The number of benzene rings is 1. The topological polar surface area (TPSA) is 151 Å². The quantitative estimate of drug-likeness (QED) is 0.342. The van der Waals surface area contributed by atoms with E-state index in [1.54, 1.807) is 19.1 Å². The summed E-state index contributed by atoms with van der Waals surface area (Å²) in [5.74, 6) is -3.11. The summed E-state index contributed by atoms with van der Waals surface area (Å²) >= 11 is 0. The molecule has 0 radical (unpaired) electrons. The van der Waals surface area contributed by atoms with Crippen molar-refractivity contribution in [3.63, 3.8) is 0 Å². The number of phenols is 1. The van der Waals surface area contributed by atoms with E-state index in [0.29, 0.717) is 5.56 Å². The lowest BCUT2D eigenvalue weighted by Gasteiger charge is -2.30. The molecule has 1 atom stereocenters. The van der Waals surface area contributed by atoms with Crippen LogP contribution >= 0.6 is 7.75 Å². The Balaban J connectivity index is 2.33. The van der Waals surface area contributed by atoms with Crippen molar-refractivity contribution in [3.8, 4) is 5.75 Å². The molecule has 6 N–H and O–H groups in total. The van der Waals surface area contributed by atoms with E-state index in [2.05, 4.69) is 4.76 Å². The predicted octanol–water partition coefficient (Wildman–Crippen LogP) is 1.87. The van der Waals surface area contributed by atoms with Crippen LogP contribution in [0.25, 0.3) is 0 Å². The van der Waals surface area contributed by atoms with E-state index in [-0.39, 0.29) is 35.6 Å². The van der Waals surface area contributed by atoms with Gasteiger partial charge in [0.1, 0.15) is 11.5 Å². The third kappa shape index (κ3) is 5.26. The summed E-state index contributed by atoms with van der Waals surface area (Å²) in [4.78, 5) is 18.1. The predicted molar refractivity (Wildman–Crippen MR) is 91.2 cm³/mol. The Morgan fingerprint density at radius 3 is 2.56 bits per heavy atom. The van der Waals surface area contributed by atoms with Crippen molar-refractivity contribution in [2.45, 2.75) is 31.5 Å². The molecule has 9 heteroatoms. The number of hydrogen-bond donors (Lipinski definition) is 6. The highest BCUT2D eigenvalue weighted by atomic mass is 31.2. The van der Waals surface area contributed by atoms with Gasteiger partial charge in [-0.3, -0.25) is 0 Å². The molecule has 136 valence electrons. The Morgan fingerprint density at radius 1 is 1.28 bits per heavy atom. The Labute approximate surface area is 144 Å². The number of nitrogens with zero attached hydrogens (tertiary/aromatic N) is 1. The van der Waals surface area contributed by atoms with Gasteiger partial charge in [-0.05, 0) is 35.8 Å². The Morgan fingerprint density at radius 2 is 1.96 bits per heavy atom. The number of phenolic OH excluding ortho intramolecular Hbond substituents is 1. The molecule has 0 saturated carbocycles. The molecule has 0 bridgehead atoms. The molecule has 1 aliphatic rings. The summed E-state index contributed by atoms with van der Waals surface area (Å²) in [6.07, 6.45) is 1.89. The van der Waals surface area contributed by atoms with Crippen LogP contribution in [0.2, 0.25) is 0 Å². The second-order valence-corrected chi connectivity index (χ2v) is 7.19. The Bertz CT molecular complexity index is 791. The van der Waals surface area contributed by atoms with Gasteiger partial charge in [0, 0.05) is 18.4 Å². The average molecular weight is 369 g/mol. The lowest BCUT2D eigenvalue weighted by atomic mass is 9.85. The zero-order chi connectivity index (χ0) is 18.8. The van der Waals surface area contributed by atoms with Gasteiger partial charge in [0.05, 0.1) is 5.71 Å². The monoisotopic (exact) mass is 369 g/mol. The maximum absolute atomic E-state index is 11.1. The van der Waals surface area contributed by atoms with Gasteiger partial charge in [-0.25, -0.2) is 4.57 Å². The summed E-state index contributed by atoms with van der Waals surface area (Å²) in [6, 6.07) is 6.29. The maximum atomic E-state index is 11.1. The summed E-state index contributed by atoms with van der Waals surface area (Å²) in [5.41, 5.74) is 0.166. The number of aliphatic hydroxyl groups is 3. The van der Waals surface area contributed by atoms with E-state index in [1.165, 1.54) is 18.2 Å². The van der Waals surface area contributed by atoms with Crippen LogP contribution in [-0.4, -0.2) is 41.7 Å². The number of hydrogen-bond acceptors (Lipinski definition) is 5. The van der Waals surface area contributed by atoms with Crippen LogP contribution in [0.3, 0.4) is 0 Å². The molecule has 0 heterocycles. The van der Waals surface area contributed by atoms with Crippen molar-refractivity contribution in [2.75, 3.05) is 0 Å². The highest BCUT2D eigenvalue weighted by molar-refractivity contribution is 7.50. The third-order valence-electron chi connectivity index (χ3n) is 3.82. The fourth-order valence-corrected chi connectivity index (χ4v) is 3.19. The highest BCUT2D eigenvalue weighted by Crippen LogP contribution is 2.40. The minimum Gasteiger partial charge on any atom is -0.508 e. The Kier molecular flexibility index (Phi) is 5.51. The molecule has 1 aliphatic carbocycles. The summed E-state index contributed by atoms with van der Waals surface area (Å²) in [7, 11) is -4.78. The van der Waals surface area contributed by atoms with Crippen LogP contribution in [0.15, 0.2) is 52.5 Å². The minimum atomic E-state index is -4.78. The van der Waals surface area contributed by atoms with Gasteiger partial charge >= 0.3 is 7.75 Å². The molecule has 0 aromatic heterocycles. The van der Waals surface area contributed by atoms with Crippen molar-refractivity contribution >= 4 is 13.5 Å². The number of rotatable bonds is 5. The molecule has 0 spiro atoms. The first-order valence-corrected chi connectivity index (χ1v) is 9.04. The second-order valence-electron chi connectivity index (χ2n) is 5.97. The SMILES string of the molecule is CC(CC(O)(O)C1=CC(O)=CCC1=NP(=O)(O)O)c1cccc(O)c1. The molecule has 1 aromatic carbocycles.